The second kappa shape index (κ2) is 7.25. The molecule has 0 aromatic carbocycles. The minimum atomic E-state index is -0.835. The predicted molar refractivity (Wildman–Crippen MR) is 78.1 cm³/mol. The van der Waals surface area contributed by atoms with E-state index in [1.165, 1.54) is 11.3 Å². The number of rotatable bonds is 6. The van der Waals surface area contributed by atoms with Gasteiger partial charge in [0.25, 0.3) is 5.91 Å². The maximum Gasteiger partial charge on any atom is 0.303 e. The first kappa shape index (κ1) is 15.7. The SMILES string of the molecule is CCC(CNC(=O)c1cc(Br)c(Br)s1)CC(=O)O. The molecule has 1 aromatic rings. The Labute approximate surface area is 126 Å². The minimum Gasteiger partial charge on any atom is -0.481 e. The quantitative estimate of drug-likeness (QED) is 0.770. The molecule has 1 rings (SSSR count). The summed E-state index contributed by atoms with van der Waals surface area (Å²) < 4.78 is 1.71. The Kier molecular flexibility index (Phi) is 6.31. The predicted octanol–water partition coefficient (Wildman–Crippen LogP) is 3.50. The van der Waals surface area contributed by atoms with Gasteiger partial charge in [-0.25, -0.2) is 0 Å². The van der Waals surface area contributed by atoms with Crippen LogP contribution in [0.2, 0.25) is 0 Å². The van der Waals surface area contributed by atoms with E-state index in [9.17, 15) is 9.59 Å². The average Bonchev–Trinajstić information content (AvgIpc) is 2.64. The molecule has 0 aliphatic rings. The second-order valence-electron chi connectivity index (χ2n) is 3.81. The number of hydrogen-bond donors (Lipinski definition) is 2. The van der Waals surface area contributed by atoms with Gasteiger partial charge in [-0.15, -0.1) is 11.3 Å². The maximum atomic E-state index is 11.8. The number of nitrogens with one attached hydrogen (secondary N) is 1. The molecule has 7 heteroatoms. The van der Waals surface area contributed by atoms with Gasteiger partial charge in [0.2, 0.25) is 0 Å². The molecule has 2 N–H and O–H groups in total. The number of aliphatic carboxylic acids is 1. The molecule has 1 atom stereocenters. The summed E-state index contributed by atoms with van der Waals surface area (Å²) in [7, 11) is 0. The summed E-state index contributed by atoms with van der Waals surface area (Å²) in [5.74, 6) is -1.04. The molecule has 0 aliphatic heterocycles. The highest BCUT2D eigenvalue weighted by molar-refractivity contribution is 9.13. The van der Waals surface area contributed by atoms with Crippen molar-refractivity contribution in [3.05, 3.63) is 19.2 Å². The molecular formula is C11H13Br2NO3S. The molecule has 0 saturated carbocycles. The van der Waals surface area contributed by atoms with Gasteiger partial charge < -0.3 is 10.4 Å². The number of thiophene rings is 1. The third-order valence-electron chi connectivity index (χ3n) is 2.46. The number of carbonyl (C=O) groups is 2. The Balaban J connectivity index is 2.52. The van der Waals surface area contributed by atoms with E-state index in [-0.39, 0.29) is 18.2 Å². The zero-order chi connectivity index (χ0) is 13.7. The molecule has 1 aromatic heterocycles. The Morgan fingerprint density at radius 2 is 2.17 bits per heavy atom. The van der Waals surface area contributed by atoms with Crippen LogP contribution in [-0.2, 0) is 4.79 Å². The van der Waals surface area contributed by atoms with Crippen LogP contribution in [0.3, 0.4) is 0 Å². The summed E-state index contributed by atoms with van der Waals surface area (Å²) >= 11 is 7.98. The van der Waals surface area contributed by atoms with Gasteiger partial charge in [-0.2, -0.15) is 0 Å². The molecular weight excluding hydrogens is 386 g/mol. The third-order valence-corrected chi connectivity index (χ3v) is 5.72. The molecule has 0 spiro atoms. The van der Waals surface area contributed by atoms with Gasteiger partial charge in [0.05, 0.1) is 8.66 Å². The monoisotopic (exact) mass is 397 g/mol. The molecule has 0 aliphatic carbocycles. The summed E-state index contributed by atoms with van der Waals surface area (Å²) in [6, 6.07) is 1.74. The third kappa shape index (κ3) is 4.70. The maximum absolute atomic E-state index is 11.8. The zero-order valence-electron chi connectivity index (χ0n) is 9.70. The van der Waals surface area contributed by atoms with Crippen LogP contribution in [0.1, 0.15) is 29.4 Å². The van der Waals surface area contributed by atoms with E-state index < -0.39 is 5.97 Å². The normalized spacial score (nSPS) is 12.2. The summed E-state index contributed by atoms with van der Waals surface area (Å²) in [6.07, 6.45) is 0.805. The van der Waals surface area contributed by atoms with Crippen LogP contribution < -0.4 is 5.32 Å². The Bertz CT molecular complexity index is 428. The van der Waals surface area contributed by atoms with Crippen molar-refractivity contribution >= 4 is 55.1 Å². The molecule has 1 unspecified atom stereocenters. The molecule has 1 heterocycles. The van der Waals surface area contributed by atoms with Gasteiger partial charge in [0.1, 0.15) is 0 Å². The van der Waals surface area contributed by atoms with Crippen molar-refractivity contribution in [3.63, 3.8) is 0 Å². The van der Waals surface area contributed by atoms with Crippen molar-refractivity contribution in [2.45, 2.75) is 19.8 Å². The zero-order valence-corrected chi connectivity index (χ0v) is 13.7. The highest BCUT2D eigenvalue weighted by Crippen LogP contribution is 2.32. The molecule has 0 radical (unpaired) electrons. The summed E-state index contributed by atoms with van der Waals surface area (Å²) in [6.45, 7) is 2.30. The first-order chi connectivity index (χ1) is 8.43. The molecule has 1 amide bonds. The van der Waals surface area contributed by atoms with Crippen molar-refractivity contribution in [3.8, 4) is 0 Å². The van der Waals surface area contributed by atoms with E-state index in [0.29, 0.717) is 11.4 Å². The number of carbonyl (C=O) groups excluding carboxylic acids is 1. The van der Waals surface area contributed by atoms with Crippen molar-refractivity contribution in [1.82, 2.24) is 5.32 Å². The summed E-state index contributed by atoms with van der Waals surface area (Å²) in [5, 5.41) is 11.5. The number of carboxylic acids is 1. The highest BCUT2D eigenvalue weighted by Gasteiger charge is 2.15. The fraction of sp³-hybridized carbons (Fsp3) is 0.455. The van der Waals surface area contributed by atoms with E-state index in [1.54, 1.807) is 6.07 Å². The summed E-state index contributed by atoms with van der Waals surface area (Å²) in [5.41, 5.74) is 0. The largest absolute Gasteiger partial charge is 0.481 e. The number of carboxylic acid groups (broad SMARTS) is 1. The molecule has 0 bridgehead atoms. The number of hydrogen-bond acceptors (Lipinski definition) is 3. The van der Waals surface area contributed by atoms with Crippen molar-refractivity contribution in [2.75, 3.05) is 6.54 Å². The smallest absolute Gasteiger partial charge is 0.303 e. The van der Waals surface area contributed by atoms with Gasteiger partial charge in [-0.05, 0) is 43.8 Å². The van der Waals surface area contributed by atoms with Gasteiger partial charge in [0.15, 0.2) is 0 Å². The minimum absolute atomic E-state index is 0.0294. The van der Waals surface area contributed by atoms with Crippen molar-refractivity contribution in [2.24, 2.45) is 5.92 Å². The molecule has 4 nitrogen and oxygen atoms in total. The Morgan fingerprint density at radius 1 is 1.50 bits per heavy atom. The number of amides is 1. The van der Waals surface area contributed by atoms with Gasteiger partial charge in [0, 0.05) is 17.4 Å². The fourth-order valence-corrected chi connectivity index (χ4v) is 3.34. The lowest BCUT2D eigenvalue weighted by Crippen LogP contribution is -2.29. The lowest BCUT2D eigenvalue weighted by molar-refractivity contribution is -0.138. The summed E-state index contributed by atoms with van der Waals surface area (Å²) in [4.78, 5) is 23.0. The van der Waals surface area contributed by atoms with Crippen LogP contribution in [0.25, 0.3) is 0 Å². The lowest BCUT2D eigenvalue weighted by Gasteiger charge is -2.12. The van der Waals surface area contributed by atoms with Crippen molar-refractivity contribution in [1.29, 1.82) is 0 Å². The number of halogens is 2. The van der Waals surface area contributed by atoms with Crippen LogP contribution in [0.4, 0.5) is 0 Å². The molecule has 100 valence electrons. The van der Waals surface area contributed by atoms with E-state index in [0.717, 1.165) is 14.7 Å². The van der Waals surface area contributed by atoms with Gasteiger partial charge in [-0.3, -0.25) is 9.59 Å². The van der Waals surface area contributed by atoms with Crippen molar-refractivity contribution < 1.29 is 14.7 Å². The highest BCUT2D eigenvalue weighted by atomic mass is 79.9. The Hall–Kier alpha value is -0.400. The molecule has 0 saturated heterocycles. The average molecular weight is 399 g/mol. The van der Waals surface area contributed by atoms with Crippen LogP contribution in [0.15, 0.2) is 14.3 Å². The van der Waals surface area contributed by atoms with Gasteiger partial charge in [-0.1, -0.05) is 13.3 Å². The lowest BCUT2D eigenvalue weighted by atomic mass is 10.0. The van der Waals surface area contributed by atoms with Crippen LogP contribution in [0, 0.1) is 5.92 Å². The first-order valence-electron chi connectivity index (χ1n) is 5.38. The van der Waals surface area contributed by atoms with Gasteiger partial charge >= 0.3 is 5.97 Å². The Morgan fingerprint density at radius 3 is 2.61 bits per heavy atom. The van der Waals surface area contributed by atoms with Crippen LogP contribution in [0.5, 0.6) is 0 Å². The van der Waals surface area contributed by atoms with E-state index in [4.69, 9.17) is 5.11 Å². The van der Waals surface area contributed by atoms with Crippen LogP contribution in [-0.4, -0.2) is 23.5 Å². The fourth-order valence-electron chi connectivity index (χ4n) is 1.39. The first-order valence-corrected chi connectivity index (χ1v) is 7.79. The molecule has 18 heavy (non-hydrogen) atoms. The molecule has 0 fully saturated rings. The second-order valence-corrected chi connectivity index (χ2v) is 7.04. The van der Waals surface area contributed by atoms with E-state index in [2.05, 4.69) is 37.2 Å². The van der Waals surface area contributed by atoms with E-state index in [1.807, 2.05) is 6.92 Å². The van der Waals surface area contributed by atoms with Crippen LogP contribution >= 0.6 is 43.2 Å². The van der Waals surface area contributed by atoms with E-state index >= 15 is 0 Å². The standard InChI is InChI=1S/C11H13Br2NO3S/c1-2-6(3-9(15)16)5-14-11(17)8-4-7(12)10(13)18-8/h4,6H,2-3,5H2,1H3,(H,14,17)(H,15,16). The topological polar surface area (TPSA) is 66.4 Å².